The van der Waals surface area contributed by atoms with Crippen molar-refractivity contribution in [1.29, 1.82) is 0 Å². The fourth-order valence-electron chi connectivity index (χ4n) is 3.22. The van der Waals surface area contributed by atoms with Gasteiger partial charge in [-0.25, -0.2) is 4.98 Å². The van der Waals surface area contributed by atoms with E-state index in [2.05, 4.69) is 10.3 Å². The van der Waals surface area contributed by atoms with Crippen molar-refractivity contribution >= 4 is 11.6 Å². The molecule has 1 aliphatic rings. The van der Waals surface area contributed by atoms with Crippen molar-refractivity contribution in [3.05, 3.63) is 35.9 Å². The van der Waals surface area contributed by atoms with Gasteiger partial charge in [0.1, 0.15) is 23.0 Å². The SMILES string of the molecule is COc1cc(NC2CCN(C(=O)c3cnc(C)n3C)CC2)cc(OC)c1. The summed E-state index contributed by atoms with van der Waals surface area (Å²) in [7, 11) is 5.16. The Morgan fingerprint density at radius 2 is 1.77 bits per heavy atom. The molecule has 1 fully saturated rings. The Morgan fingerprint density at radius 1 is 1.15 bits per heavy atom. The number of carbonyl (C=O) groups is 1. The summed E-state index contributed by atoms with van der Waals surface area (Å²) in [6.45, 7) is 3.35. The Balaban J connectivity index is 1.60. The molecule has 0 saturated carbocycles. The van der Waals surface area contributed by atoms with Gasteiger partial charge in [0.2, 0.25) is 0 Å². The Morgan fingerprint density at radius 3 is 2.27 bits per heavy atom. The zero-order valence-electron chi connectivity index (χ0n) is 15.8. The number of benzene rings is 1. The fraction of sp³-hybridized carbons (Fsp3) is 0.474. The molecule has 1 amide bonds. The molecule has 7 heteroatoms. The van der Waals surface area contributed by atoms with Gasteiger partial charge in [-0.05, 0) is 19.8 Å². The molecule has 1 aromatic carbocycles. The quantitative estimate of drug-likeness (QED) is 0.889. The Kier molecular flexibility index (Phi) is 5.35. The summed E-state index contributed by atoms with van der Waals surface area (Å²) < 4.78 is 12.5. The molecule has 0 aliphatic carbocycles. The molecule has 0 bridgehead atoms. The highest BCUT2D eigenvalue weighted by molar-refractivity contribution is 5.92. The number of aromatic nitrogens is 2. The summed E-state index contributed by atoms with van der Waals surface area (Å²) in [5.74, 6) is 2.41. The van der Waals surface area contributed by atoms with Crippen LogP contribution in [0.3, 0.4) is 0 Å². The minimum Gasteiger partial charge on any atom is -0.497 e. The molecular formula is C19H26N4O3. The topological polar surface area (TPSA) is 68.6 Å². The smallest absolute Gasteiger partial charge is 0.272 e. The summed E-state index contributed by atoms with van der Waals surface area (Å²) in [4.78, 5) is 18.8. The lowest BCUT2D eigenvalue weighted by Crippen LogP contribution is -2.42. The predicted octanol–water partition coefficient (Wildman–Crippen LogP) is 2.46. The number of nitrogens with zero attached hydrogens (tertiary/aromatic N) is 3. The summed E-state index contributed by atoms with van der Waals surface area (Å²) in [5.41, 5.74) is 1.61. The van der Waals surface area contributed by atoms with Gasteiger partial charge in [-0.1, -0.05) is 0 Å². The maximum atomic E-state index is 12.7. The van der Waals surface area contributed by atoms with E-state index in [0.29, 0.717) is 11.7 Å². The van der Waals surface area contributed by atoms with Gasteiger partial charge in [-0.15, -0.1) is 0 Å². The van der Waals surface area contributed by atoms with E-state index in [9.17, 15) is 4.79 Å². The van der Waals surface area contributed by atoms with Gasteiger partial charge in [0.05, 0.1) is 20.4 Å². The van der Waals surface area contributed by atoms with Gasteiger partial charge in [0.15, 0.2) is 0 Å². The molecule has 0 radical (unpaired) electrons. The number of anilines is 1. The number of amides is 1. The summed E-state index contributed by atoms with van der Waals surface area (Å²) in [6, 6.07) is 6.07. The first-order valence-corrected chi connectivity index (χ1v) is 8.79. The number of likely N-dealkylation sites (tertiary alicyclic amines) is 1. The van der Waals surface area contributed by atoms with Crippen LogP contribution in [0.4, 0.5) is 5.69 Å². The maximum Gasteiger partial charge on any atom is 0.272 e. The van der Waals surface area contributed by atoms with Crippen LogP contribution in [0.2, 0.25) is 0 Å². The van der Waals surface area contributed by atoms with Gasteiger partial charge in [0.25, 0.3) is 5.91 Å². The van der Waals surface area contributed by atoms with Crippen LogP contribution in [0.5, 0.6) is 11.5 Å². The first-order chi connectivity index (χ1) is 12.5. The normalized spacial score (nSPS) is 15.0. The van der Waals surface area contributed by atoms with Gasteiger partial charge in [-0.3, -0.25) is 4.79 Å². The third-order valence-electron chi connectivity index (χ3n) is 4.94. The first-order valence-electron chi connectivity index (χ1n) is 8.79. The van der Waals surface area contributed by atoms with Gasteiger partial charge in [-0.2, -0.15) is 0 Å². The molecule has 7 nitrogen and oxygen atoms in total. The highest BCUT2D eigenvalue weighted by Gasteiger charge is 2.25. The number of ether oxygens (including phenoxy) is 2. The lowest BCUT2D eigenvalue weighted by Gasteiger charge is -2.33. The second kappa shape index (κ2) is 7.68. The molecule has 2 heterocycles. The monoisotopic (exact) mass is 358 g/mol. The van der Waals surface area contributed by atoms with Crippen LogP contribution >= 0.6 is 0 Å². The summed E-state index contributed by atoms with van der Waals surface area (Å²) >= 11 is 0. The number of hydrogen-bond donors (Lipinski definition) is 1. The van der Waals surface area contributed by atoms with E-state index < -0.39 is 0 Å². The standard InChI is InChI=1S/C19H26N4O3/c1-13-20-12-18(22(13)2)19(24)23-7-5-14(6-8-23)21-15-9-16(25-3)11-17(10-15)26-4/h9-12,14,21H,5-8H2,1-4H3. The third kappa shape index (κ3) is 3.76. The summed E-state index contributed by atoms with van der Waals surface area (Å²) in [6.07, 6.45) is 3.44. The molecule has 26 heavy (non-hydrogen) atoms. The van der Waals surface area contributed by atoms with Gasteiger partial charge >= 0.3 is 0 Å². The maximum absolute atomic E-state index is 12.7. The number of rotatable bonds is 5. The Hall–Kier alpha value is -2.70. The van der Waals surface area contributed by atoms with E-state index in [1.165, 1.54) is 0 Å². The van der Waals surface area contributed by atoms with E-state index in [0.717, 1.165) is 48.9 Å². The molecule has 3 rings (SSSR count). The van der Waals surface area contributed by atoms with Crippen molar-refractivity contribution in [3.63, 3.8) is 0 Å². The molecule has 0 atom stereocenters. The number of hydrogen-bond acceptors (Lipinski definition) is 5. The first kappa shape index (κ1) is 18.1. The van der Waals surface area contributed by atoms with Crippen molar-refractivity contribution < 1.29 is 14.3 Å². The van der Waals surface area contributed by atoms with E-state index in [4.69, 9.17) is 9.47 Å². The molecule has 0 unspecified atom stereocenters. The number of nitrogens with one attached hydrogen (secondary N) is 1. The largest absolute Gasteiger partial charge is 0.497 e. The Bertz CT molecular complexity index is 757. The zero-order valence-corrected chi connectivity index (χ0v) is 15.8. The van der Waals surface area contributed by atoms with Crippen LogP contribution in [0.25, 0.3) is 0 Å². The van der Waals surface area contributed by atoms with Crippen molar-refractivity contribution in [3.8, 4) is 11.5 Å². The average Bonchev–Trinajstić information content (AvgIpc) is 3.00. The van der Waals surface area contributed by atoms with E-state index in [-0.39, 0.29) is 5.91 Å². The van der Waals surface area contributed by atoms with Crippen LogP contribution in [0, 0.1) is 6.92 Å². The Labute approximate surface area is 153 Å². The van der Waals surface area contributed by atoms with Crippen LogP contribution in [-0.2, 0) is 7.05 Å². The molecule has 140 valence electrons. The average molecular weight is 358 g/mol. The molecule has 0 spiro atoms. The molecular weight excluding hydrogens is 332 g/mol. The van der Waals surface area contributed by atoms with E-state index >= 15 is 0 Å². The molecule has 1 aromatic heterocycles. The van der Waals surface area contributed by atoms with Crippen molar-refractivity contribution in [2.24, 2.45) is 7.05 Å². The number of piperidine rings is 1. The molecule has 1 saturated heterocycles. The van der Waals surface area contributed by atoms with Gasteiger partial charge in [0, 0.05) is 50.1 Å². The number of aryl methyl sites for hydroxylation is 1. The van der Waals surface area contributed by atoms with Crippen LogP contribution in [-0.4, -0.2) is 53.7 Å². The second-order valence-electron chi connectivity index (χ2n) is 6.56. The number of methoxy groups -OCH3 is 2. The van der Waals surface area contributed by atoms with Gasteiger partial charge < -0.3 is 24.3 Å². The van der Waals surface area contributed by atoms with Crippen molar-refractivity contribution in [2.75, 3.05) is 32.6 Å². The lowest BCUT2D eigenvalue weighted by atomic mass is 10.0. The number of imidazole rings is 1. The van der Waals surface area contributed by atoms with Crippen LogP contribution < -0.4 is 14.8 Å². The summed E-state index contributed by atoms with van der Waals surface area (Å²) in [5, 5.41) is 3.53. The molecule has 2 aromatic rings. The molecule has 1 N–H and O–H groups in total. The highest BCUT2D eigenvalue weighted by atomic mass is 16.5. The van der Waals surface area contributed by atoms with Crippen LogP contribution in [0.1, 0.15) is 29.2 Å². The van der Waals surface area contributed by atoms with E-state index in [1.54, 1.807) is 20.4 Å². The third-order valence-corrected chi connectivity index (χ3v) is 4.94. The fourth-order valence-corrected chi connectivity index (χ4v) is 3.22. The van der Waals surface area contributed by atoms with E-state index in [1.807, 2.05) is 41.6 Å². The second-order valence-corrected chi connectivity index (χ2v) is 6.56. The minimum absolute atomic E-state index is 0.0506. The minimum atomic E-state index is 0.0506. The molecule has 1 aliphatic heterocycles. The van der Waals surface area contributed by atoms with Crippen molar-refractivity contribution in [1.82, 2.24) is 14.5 Å². The lowest BCUT2D eigenvalue weighted by molar-refractivity contribution is 0.0708. The zero-order chi connectivity index (χ0) is 18.7. The number of carbonyl (C=O) groups excluding carboxylic acids is 1. The highest BCUT2D eigenvalue weighted by Crippen LogP contribution is 2.27. The van der Waals surface area contributed by atoms with Crippen molar-refractivity contribution in [2.45, 2.75) is 25.8 Å². The van der Waals surface area contributed by atoms with Crippen LogP contribution in [0.15, 0.2) is 24.4 Å². The predicted molar refractivity (Wildman–Crippen MR) is 100 cm³/mol.